The minimum absolute atomic E-state index is 0.332. The third-order valence-electron chi connectivity index (χ3n) is 2.91. The van der Waals surface area contributed by atoms with Gasteiger partial charge in [-0.1, -0.05) is 16.5 Å². The summed E-state index contributed by atoms with van der Waals surface area (Å²) in [4.78, 5) is 0.409. The summed E-state index contributed by atoms with van der Waals surface area (Å²) in [5.74, 6) is 0.299. The minimum atomic E-state index is -1.41. The molecule has 0 spiro atoms. The summed E-state index contributed by atoms with van der Waals surface area (Å²) in [5, 5.41) is 0.505. The van der Waals surface area contributed by atoms with E-state index in [-0.39, 0.29) is 5.82 Å². The second-order valence-electron chi connectivity index (χ2n) is 5.62. The van der Waals surface area contributed by atoms with Gasteiger partial charge in [-0.3, -0.25) is 0 Å². The fourth-order valence-corrected chi connectivity index (χ4v) is 3.55. The number of rotatable bonds is 3. The van der Waals surface area contributed by atoms with E-state index in [1.807, 2.05) is 20.8 Å². The van der Waals surface area contributed by atoms with Gasteiger partial charge in [-0.2, -0.15) is 0 Å². The maximum absolute atomic E-state index is 14.5. The van der Waals surface area contributed by atoms with Crippen LogP contribution in [0, 0.1) is 5.82 Å². The smallest absolute Gasteiger partial charge is 0.151 e. The highest BCUT2D eigenvalue weighted by Crippen LogP contribution is 2.37. The second-order valence-corrected chi connectivity index (χ2v) is 8.55. The fourth-order valence-electron chi connectivity index (χ4n) is 1.76. The Kier molecular flexibility index (Phi) is 4.60. The molecule has 0 saturated carbocycles. The third-order valence-corrected chi connectivity index (χ3v) is 5.70. The van der Waals surface area contributed by atoms with Gasteiger partial charge in [0.05, 0.1) is 16.7 Å². The van der Waals surface area contributed by atoms with Crippen LogP contribution in [0.15, 0.2) is 22.6 Å². The van der Waals surface area contributed by atoms with Crippen molar-refractivity contribution in [2.45, 2.75) is 32.4 Å². The van der Waals surface area contributed by atoms with Crippen molar-refractivity contribution in [3.05, 3.63) is 28.9 Å². The van der Waals surface area contributed by atoms with Gasteiger partial charge in [-0.05, 0) is 33.8 Å². The standard InChI is InChI=1S/C15H18FNO2S2/c1-9(17-21(18)15(2,3)4)13-12(16)10-7-6-8-11(19-5)14(10)20-13/h6-8H,1-5H3/b17-9+. The summed E-state index contributed by atoms with van der Waals surface area (Å²) in [6.45, 7) is 7.20. The zero-order valence-corrected chi connectivity index (χ0v) is 14.3. The van der Waals surface area contributed by atoms with Gasteiger partial charge in [0.1, 0.15) is 27.6 Å². The van der Waals surface area contributed by atoms with Crippen molar-refractivity contribution in [1.29, 1.82) is 0 Å². The number of hydrogen-bond donors (Lipinski definition) is 0. The number of methoxy groups -OCH3 is 1. The van der Waals surface area contributed by atoms with Gasteiger partial charge in [0.2, 0.25) is 0 Å². The van der Waals surface area contributed by atoms with Crippen LogP contribution >= 0.6 is 11.3 Å². The summed E-state index contributed by atoms with van der Waals surface area (Å²) in [6, 6.07) is 5.25. The van der Waals surface area contributed by atoms with Crippen LogP contribution in [0.1, 0.15) is 32.6 Å². The predicted molar refractivity (Wildman–Crippen MR) is 88.4 cm³/mol. The number of thiophene rings is 1. The minimum Gasteiger partial charge on any atom is -0.591 e. The normalized spacial score (nSPS) is 14.5. The van der Waals surface area contributed by atoms with Crippen LogP contribution in [0.5, 0.6) is 5.75 Å². The molecule has 0 saturated heterocycles. The van der Waals surface area contributed by atoms with Gasteiger partial charge >= 0.3 is 0 Å². The fraction of sp³-hybridized carbons (Fsp3) is 0.400. The predicted octanol–water partition coefficient (Wildman–Crippen LogP) is 4.32. The Balaban J connectivity index is 2.52. The molecule has 1 atom stereocenters. The van der Waals surface area contributed by atoms with Crippen molar-refractivity contribution in [2.24, 2.45) is 4.40 Å². The number of halogens is 1. The van der Waals surface area contributed by atoms with Gasteiger partial charge in [0.15, 0.2) is 5.82 Å². The first kappa shape index (κ1) is 16.3. The largest absolute Gasteiger partial charge is 0.591 e. The number of hydrogen-bond acceptors (Lipinski definition) is 4. The molecule has 3 nitrogen and oxygen atoms in total. The zero-order valence-electron chi connectivity index (χ0n) is 12.7. The molecule has 1 aromatic heterocycles. The number of benzene rings is 1. The summed E-state index contributed by atoms with van der Waals surface area (Å²) in [5.41, 5.74) is 0.448. The molecule has 0 radical (unpaired) electrons. The summed E-state index contributed by atoms with van der Waals surface area (Å²) >= 11 is -0.138. The van der Waals surface area contributed by atoms with E-state index in [1.165, 1.54) is 11.3 Å². The SMILES string of the molecule is COc1cccc2c(F)c(/C(C)=N/[S+]([O-])C(C)(C)C)sc12. The molecule has 0 aliphatic carbocycles. The molecule has 1 heterocycles. The molecule has 0 N–H and O–H groups in total. The Morgan fingerprint density at radius 2 is 2.05 bits per heavy atom. The molecule has 1 unspecified atom stereocenters. The van der Waals surface area contributed by atoms with Crippen molar-refractivity contribution >= 4 is 38.5 Å². The van der Waals surface area contributed by atoms with Crippen molar-refractivity contribution in [3.63, 3.8) is 0 Å². The molecule has 6 heteroatoms. The van der Waals surface area contributed by atoms with E-state index in [1.54, 1.807) is 32.2 Å². The summed E-state index contributed by atoms with van der Waals surface area (Å²) in [7, 11) is 1.56. The van der Waals surface area contributed by atoms with E-state index in [4.69, 9.17) is 4.74 Å². The average molecular weight is 327 g/mol. The molecule has 2 aromatic rings. The van der Waals surface area contributed by atoms with Crippen LogP contribution in [-0.4, -0.2) is 22.1 Å². The third kappa shape index (κ3) is 3.22. The molecule has 2 rings (SSSR count). The molecule has 0 bridgehead atoms. The average Bonchev–Trinajstić information content (AvgIpc) is 2.75. The highest BCUT2D eigenvalue weighted by Gasteiger charge is 2.28. The lowest BCUT2D eigenvalue weighted by molar-refractivity contribution is 0.420. The molecule has 0 aliphatic heterocycles. The highest BCUT2D eigenvalue weighted by atomic mass is 32.2. The summed E-state index contributed by atoms with van der Waals surface area (Å²) in [6.07, 6.45) is 0. The van der Waals surface area contributed by atoms with Crippen LogP contribution in [0.25, 0.3) is 10.1 Å². The maximum Gasteiger partial charge on any atom is 0.151 e. The highest BCUT2D eigenvalue weighted by molar-refractivity contribution is 7.91. The molecule has 0 aliphatic rings. The van der Waals surface area contributed by atoms with E-state index in [0.717, 1.165) is 4.70 Å². The molecule has 21 heavy (non-hydrogen) atoms. The molecule has 114 valence electrons. The number of ether oxygens (including phenoxy) is 1. The van der Waals surface area contributed by atoms with Crippen molar-refractivity contribution in [1.82, 2.24) is 0 Å². The van der Waals surface area contributed by atoms with Crippen LogP contribution < -0.4 is 4.74 Å². The van der Waals surface area contributed by atoms with Crippen molar-refractivity contribution < 1.29 is 13.7 Å². The monoisotopic (exact) mass is 327 g/mol. The Labute approximate surface area is 131 Å². The Hall–Kier alpha value is -1.11. The Morgan fingerprint density at radius 3 is 2.62 bits per heavy atom. The van der Waals surface area contributed by atoms with Gasteiger partial charge < -0.3 is 9.29 Å². The Morgan fingerprint density at radius 1 is 1.38 bits per heavy atom. The lowest BCUT2D eigenvalue weighted by Gasteiger charge is -2.18. The summed E-state index contributed by atoms with van der Waals surface area (Å²) < 4.78 is 36.3. The first-order valence-corrected chi connectivity index (χ1v) is 8.40. The van der Waals surface area contributed by atoms with E-state index in [2.05, 4.69) is 4.40 Å². The Bertz CT molecular complexity index is 689. The van der Waals surface area contributed by atoms with Gasteiger partial charge in [-0.15, -0.1) is 11.3 Å². The molecule has 0 fully saturated rings. The second kappa shape index (κ2) is 5.94. The molecular weight excluding hydrogens is 309 g/mol. The van der Waals surface area contributed by atoms with Gasteiger partial charge in [0, 0.05) is 5.39 Å². The topological polar surface area (TPSA) is 44.6 Å². The first-order valence-electron chi connectivity index (χ1n) is 6.48. The first-order chi connectivity index (χ1) is 9.75. The van der Waals surface area contributed by atoms with Crippen LogP contribution in [0.3, 0.4) is 0 Å². The maximum atomic E-state index is 14.5. The lowest BCUT2D eigenvalue weighted by Crippen LogP contribution is -2.26. The number of nitrogens with zero attached hydrogens (tertiary/aromatic N) is 1. The van der Waals surface area contributed by atoms with E-state index >= 15 is 0 Å². The van der Waals surface area contributed by atoms with Gasteiger partial charge in [0.25, 0.3) is 0 Å². The molecule has 0 amide bonds. The van der Waals surface area contributed by atoms with Crippen LogP contribution in [-0.2, 0) is 11.4 Å². The number of fused-ring (bicyclic) bond motifs is 1. The van der Waals surface area contributed by atoms with Crippen LogP contribution in [0.2, 0.25) is 0 Å². The van der Waals surface area contributed by atoms with E-state index in [0.29, 0.717) is 21.7 Å². The zero-order chi connectivity index (χ0) is 15.8. The van der Waals surface area contributed by atoms with E-state index < -0.39 is 16.1 Å². The molecular formula is C15H18FNO2S2. The lowest BCUT2D eigenvalue weighted by atomic mass is 10.2. The van der Waals surface area contributed by atoms with Crippen molar-refractivity contribution in [2.75, 3.05) is 7.11 Å². The van der Waals surface area contributed by atoms with Gasteiger partial charge in [-0.25, -0.2) is 4.39 Å². The van der Waals surface area contributed by atoms with E-state index in [9.17, 15) is 8.94 Å². The quantitative estimate of drug-likeness (QED) is 0.622. The van der Waals surface area contributed by atoms with Crippen LogP contribution in [0.4, 0.5) is 4.39 Å². The molecule has 1 aromatic carbocycles. The van der Waals surface area contributed by atoms with Crippen molar-refractivity contribution in [3.8, 4) is 5.75 Å².